The van der Waals surface area contributed by atoms with Crippen molar-refractivity contribution in [2.24, 2.45) is 0 Å². The number of likely N-dealkylation sites (N-methyl/N-ethyl adjacent to an activating group) is 1. The van der Waals surface area contributed by atoms with E-state index in [2.05, 4.69) is 10.2 Å². The quantitative estimate of drug-likeness (QED) is 0.737. The van der Waals surface area contributed by atoms with E-state index in [9.17, 15) is 0 Å². The molecule has 0 fully saturated rings. The molecular weight excluding hydrogens is 286 g/mol. The highest BCUT2D eigenvalue weighted by atomic mass is 16.5. The second kappa shape index (κ2) is 7.65. The Labute approximate surface area is 129 Å². The highest BCUT2D eigenvalue weighted by Crippen LogP contribution is 2.27. The minimum Gasteiger partial charge on any atom is -0.493 e. The lowest BCUT2D eigenvalue weighted by Gasteiger charge is -2.14. The van der Waals surface area contributed by atoms with Gasteiger partial charge in [-0.15, -0.1) is 5.10 Å². The van der Waals surface area contributed by atoms with Gasteiger partial charge in [0.25, 0.3) is 0 Å². The summed E-state index contributed by atoms with van der Waals surface area (Å²) in [6.07, 6.45) is 0.818. The number of nitrogens with zero attached hydrogens (tertiary/aromatic N) is 3. The van der Waals surface area contributed by atoms with E-state index in [-0.39, 0.29) is 0 Å². The summed E-state index contributed by atoms with van der Waals surface area (Å²) in [5.41, 5.74) is 1.14. The molecule has 7 heteroatoms. The van der Waals surface area contributed by atoms with Gasteiger partial charge in [-0.1, -0.05) is 11.2 Å². The fourth-order valence-electron chi connectivity index (χ4n) is 2.01. The van der Waals surface area contributed by atoms with E-state index >= 15 is 0 Å². The molecule has 1 aromatic heterocycles. The number of rotatable bonds is 8. The molecule has 0 radical (unpaired) electrons. The molecule has 0 N–H and O–H groups in total. The molecule has 0 amide bonds. The zero-order chi connectivity index (χ0) is 15.9. The van der Waals surface area contributed by atoms with Crippen molar-refractivity contribution in [1.82, 2.24) is 10.2 Å². The van der Waals surface area contributed by atoms with E-state index in [0.29, 0.717) is 18.5 Å². The van der Waals surface area contributed by atoms with Crippen molar-refractivity contribution in [2.45, 2.75) is 13.0 Å². The first-order valence-electron chi connectivity index (χ1n) is 6.91. The maximum atomic E-state index is 5.49. The van der Waals surface area contributed by atoms with Crippen LogP contribution in [-0.2, 0) is 17.8 Å². The average molecular weight is 307 g/mol. The molecule has 0 aliphatic carbocycles. The smallest absolute Gasteiger partial charge is 0.317 e. The summed E-state index contributed by atoms with van der Waals surface area (Å²) in [4.78, 5) is 1.91. The monoisotopic (exact) mass is 307 g/mol. The van der Waals surface area contributed by atoms with Gasteiger partial charge in [0, 0.05) is 20.7 Å². The van der Waals surface area contributed by atoms with Crippen LogP contribution in [0.25, 0.3) is 0 Å². The average Bonchev–Trinajstić information content (AvgIpc) is 3.01. The van der Waals surface area contributed by atoms with Crippen molar-refractivity contribution in [2.75, 3.05) is 39.8 Å². The van der Waals surface area contributed by atoms with Crippen LogP contribution in [-0.4, -0.2) is 45.1 Å². The fourth-order valence-corrected chi connectivity index (χ4v) is 2.01. The predicted molar refractivity (Wildman–Crippen MR) is 81.5 cm³/mol. The van der Waals surface area contributed by atoms with E-state index in [1.54, 1.807) is 21.3 Å². The van der Waals surface area contributed by atoms with Crippen molar-refractivity contribution in [3.63, 3.8) is 0 Å². The molecule has 0 spiro atoms. The second-order valence-electron chi connectivity index (χ2n) is 4.77. The maximum Gasteiger partial charge on any atom is 0.317 e. The van der Waals surface area contributed by atoms with Crippen LogP contribution < -0.4 is 14.4 Å². The van der Waals surface area contributed by atoms with E-state index in [4.69, 9.17) is 18.6 Å². The number of hydrogen-bond acceptors (Lipinski definition) is 7. The van der Waals surface area contributed by atoms with Gasteiger partial charge < -0.3 is 23.5 Å². The molecule has 0 aliphatic heterocycles. The summed E-state index contributed by atoms with van der Waals surface area (Å²) >= 11 is 0. The van der Waals surface area contributed by atoms with Crippen LogP contribution in [0.15, 0.2) is 22.6 Å². The van der Waals surface area contributed by atoms with Gasteiger partial charge in [0.05, 0.1) is 14.2 Å². The van der Waals surface area contributed by atoms with E-state index in [1.807, 2.05) is 30.1 Å². The summed E-state index contributed by atoms with van der Waals surface area (Å²) in [7, 11) is 6.75. The molecule has 0 saturated heterocycles. The Bertz CT molecular complexity index is 600. The summed E-state index contributed by atoms with van der Waals surface area (Å²) in [6.45, 7) is 1.06. The van der Waals surface area contributed by atoms with Gasteiger partial charge in [-0.25, -0.2) is 0 Å². The Morgan fingerprint density at radius 2 is 1.86 bits per heavy atom. The second-order valence-corrected chi connectivity index (χ2v) is 4.77. The minimum atomic E-state index is 0.316. The highest BCUT2D eigenvalue weighted by molar-refractivity contribution is 5.43. The third-order valence-electron chi connectivity index (χ3n) is 3.23. The van der Waals surface area contributed by atoms with Gasteiger partial charge in [0.1, 0.15) is 6.61 Å². The summed E-state index contributed by atoms with van der Waals surface area (Å²) in [5, 5.41) is 7.90. The van der Waals surface area contributed by atoms with Gasteiger partial charge in [-0.05, 0) is 24.1 Å². The van der Waals surface area contributed by atoms with Crippen LogP contribution in [0.1, 0.15) is 11.5 Å². The lowest BCUT2D eigenvalue weighted by atomic mass is 10.1. The zero-order valence-electron chi connectivity index (χ0n) is 13.3. The predicted octanol–water partition coefficient (Wildman–Crippen LogP) is 1.91. The SMILES string of the molecule is COCc1nnc(N(C)CCc2ccc(OC)c(OC)c2)o1. The first kappa shape index (κ1) is 16.1. The van der Waals surface area contributed by atoms with Gasteiger partial charge in [-0.3, -0.25) is 0 Å². The molecule has 2 rings (SSSR count). The molecule has 0 aliphatic rings. The molecule has 22 heavy (non-hydrogen) atoms. The van der Waals surface area contributed by atoms with E-state index < -0.39 is 0 Å². The third kappa shape index (κ3) is 3.88. The number of benzene rings is 1. The van der Waals surface area contributed by atoms with Gasteiger partial charge in [0.2, 0.25) is 5.89 Å². The number of aromatic nitrogens is 2. The standard InChI is InChI=1S/C15H21N3O4/c1-18(15-17-16-14(22-15)10-19-2)8-7-11-5-6-12(20-3)13(9-11)21-4/h5-6,9H,7-8,10H2,1-4H3. The van der Waals surface area contributed by atoms with Crippen LogP contribution in [0.3, 0.4) is 0 Å². The fraction of sp³-hybridized carbons (Fsp3) is 0.467. The van der Waals surface area contributed by atoms with Crippen LogP contribution in [0.5, 0.6) is 11.5 Å². The van der Waals surface area contributed by atoms with Crippen molar-refractivity contribution in [1.29, 1.82) is 0 Å². The molecule has 120 valence electrons. The Hall–Kier alpha value is -2.28. The molecule has 7 nitrogen and oxygen atoms in total. The van der Waals surface area contributed by atoms with Crippen LogP contribution in [0.2, 0.25) is 0 Å². The Morgan fingerprint density at radius 3 is 2.55 bits per heavy atom. The maximum absolute atomic E-state index is 5.49. The molecule has 1 aromatic carbocycles. The third-order valence-corrected chi connectivity index (χ3v) is 3.23. The van der Waals surface area contributed by atoms with Crippen molar-refractivity contribution >= 4 is 6.01 Å². The number of ether oxygens (including phenoxy) is 3. The molecule has 0 unspecified atom stereocenters. The number of anilines is 1. The summed E-state index contributed by atoms with van der Waals surface area (Å²) in [5.74, 6) is 1.92. The van der Waals surface area contributed by atoms with Crippen molar-refractivity contribution in [3.8, 4) is 11.5 Å². The van der Waals surface area contributed by atoms with E-state index in [0.717, 1.165) is 30.0 Å². The minimum absolute atomic E-state index is 0.316. The Morgan fingerprint density at radius 1 is 1.09 bits per heavy atom. The van der Waals surface area contributed by atoms with Crippen molar-refractivity contribution < 1.29 is 18.6 Å². The lowest BCUT2D eigenvalue weighted by molar-refractivity contribution is 0.160. The molecule has 0 saturated carbocycles. The molecule has 0 bridgehead atoms. The summed E-state index contributed by atoms with van der Waals surface area (Å²) in [6, 6.07) is 6.36. The summed E-state index contributed by atoms with van der Waals surface area (Å²) < 4.78 is 21.0. The van der Waals surface area contributed by atoms with Gasteiger partial charge in [0.15, 0.2) is 11.5 Å². The van der Waals surface area contributed by atoms with Gasteiger partial charge in [-0.2, -0.15) is 0 Å². The zero-order valence-corrected chi connectivity index (χ0v) is 13.3. The molecule has 1 heterocycles. The highest BCUT2D eigenvalue weighted by Gasteiger charge is 2.11. The topological polar surface area (TPSA) is 69.9 Å². The largest absolute Gasteiger partial charge is 0.493 e. The van der Waals surface area contributed by atoms with Crippen LogP contribution in [0.4, 0.5) is 6.01 Å². The van der Waals surface area contributed by atoms with Crippen molar-refractivity contribution in [3.05, 3.63) is 29.7 Å². The Balaban J connectivity index is 1.96. The molecular formula is C15H21N3O4. The number of methoxy groups -OCH3 is 3. The lowest BCUT2D eigenvalue weighted by Crippen LogP contribution is -2.20. The first-order chi connectivity index (χ1) is 10.7. The van der Waals surface area contributed by atoms with Gasteiger partial charge >= 0.3 is 6.01 Å². The van der Waals surface area contributed by atoms with Crippen LogP contribution in [0, 0.1) is 0 Å². The molecule has 2 aromatic rings. The first-order valence-corrected chi connectivity index (χ1v) is 6.91. The molecule has 0 atom stereocenters. The Kier molecular flexibility index (Phi) is 5.60. The normalized spacial score (nSPS) is 10.5. The number of hydrogen-bond donors (Lipinski definition) is 0. The van der Waals surface area contributed by atoms with E-state index in [1.165, 1.54) is 0 Å². The van der Waals surface area contributed by atoms with Crippen LogP contribution >= 0.6 is 0 Å².